The van der Waals surface area contributed by atoms with Gasteiger partial charge >= 0.3 is 0 Å². The number of ether oxygens (including phenoxy) is 1. The molecule has 0 radical (unpaired) electrons. The van der Waals surface area contributed by atoms with Crippen LogP contribution in [-0.2, 0) is 9.59 Å². The van der Waals surface area contributed by atoms with Gasteiger partial charge in [-0.1, -0.05) is 29.8 Å². The van der Waals surface area contributed by atoms with Gasteiger partial charge in [0.1, 0.15) is 5.75 Å². The molecule has 0 saturated heterocycles. The molecule has 5 nitrogen and oxygen atoms in total. The Morgan fingerprint density at radius 3 is 2.54 bits per heavy atom. The van der Waals surface area contributed by atoms with Gasteiger partial charge < -0.3 is 15.4 Å². The largest absolute Gasteiger partial charge is 0.495 e. The smallest absolute Gasteiger partial charge is 0.248 e. The Balaban J connectivity index is 2.15. The van der Waals surface area contributed by atoms with E-state index < -0.39 is 0 Å². The summed E-state index contributed by atoms with van der Waals surface area (Å²) < 4.78 is 5.22. The summed E-state index contributed by atoms with van der Waals surface area (Å²) in [6.45, 7) is 1.41. The summed E-state index contributed by atoms with van der Waals surface area (Å²) in [7, 11) is 1.50. The van der Waals surface area contributed by atoms with Gasteiger partial charge in [0.25, 0.3) is 0 Å². The van der Waals surface area contributed by atoms with Crippen LogP contribution in [0, 0.1) is 0 Å². The van der Waals surface area contributed by atoms with Crippen LogP contribution in [0.2, 0.25) is 5.02 Å². The maximum atomic E-state index is 12.1. The summed E-state index contributed by atoms with van der Waals surface area (Å²) >= 11 is 6.04. The zero-order valence-corrected chi connectivity index (χ0v) is 14.1. The highest BCUT2D eigenvalue weighted by atomic mass is 35.5. The van der Waals surface area contributed by atoms with Crippen LogP contribution in [0.15, 0.2) is 48.5 Å². The lowest BCUT2D eigenvalue weighted by Gasteiger charge is -2.11. The molecule has 124 valence electrons. The third-order valence-corrected chi connectivity index (χ3v) is 3.44. The summed E-state index contributed by atoms with van der Waals surface area (Å²) in [5, 5.41) is 5.94. The lowest BCUT2D eigenvalue weighted by atomic mass is 10.2. The Labute approximate surface area is 145 Å². The Bertz CT molecular complexity index is 788. The van der Waals surface area contributed by atoms with Crippen molar-refractivity contribution in [1.82, 2.24) is 0 Å². The number of anilines is 2. The van der Waals surface area contributed by atoms with Gasteiger partial charge in [0.05, 0.1) is 12.8 Å². The van der Waals surface area contributed by atoms with Gasteiger partial charge in [-0.25, -0.2) is 0 Å². The number of hydrogen-bond acceptors (Lipinski definition) is 3. The summed E-state index contributed by atoms with van der Waals surface area (Å²) in [6.07, 6.45) is 3.01. The second-order valence-electron chi connectivity index (χ2n) is 4.94. The molecule has 24 heavy (non-hydrogen) atoms. The van der Waals surface area contributed by atoms with Crippen LogP contribution < -0.4 is 15.4 Å². The van der Waals surface area contributed by atoms with Gasteiger partial charge in [-0.3, -0.25) is 9.59 Å². The van der Waals surface area contributed by atoms with E-state index >= 15 is 0 Å². The number of benzene rings is 2. The van der Waals surface area contributed by atoms with E-state index in [1.165, 1.54) is 20.1 Å². The van der Waals surface area contributed by atoms with E-state index in [0.717, 1.165) is 5.56 Å². The standard InChI is InChI=1S/C18H17ClN2O3/c1-12(22)20-14-8-9-17(24-2)16(11-14)21-18(23)10-7-13-5-3-4-6-15(13)19/h3-11H,1-2H3,(H,20,22)(H,21,23)/b10-7+. The number of carbonyl (C=O) groups excluding carboxylic acids is 2. The van der Waals surface area contributed by atoms with Crippen molar-refractivity contribution in [3.63, 3.8) is 0 Å². The van der Waals surface area contributed by atoms with Crippen molar-refractivity contribution in [2.75, 3.05) is 17.7 Å². The van der Waals surface area contributed by atoms with Crippen LogP contribution in [0.3, 0.4) is 0 Å². The minimum absolute atomic E-state index is 0.198. The molecular weight excluding hydrogens is 328 g/mol. The van der Waals surface area contributed by atoms with E-state index in [-0.39, 0.29) is 11.8 Å². The predicted molar refractivity (Wildman–Crippen MR) is 96.4 cm³/mol. The molecule has 0 atom stereocenters. The molecule has 0 aromatic heterocycles. The molecule has 0 heterocycles. The topological polar surface area (TPSA) is 67.4 Å². The van der Waals surface area contributed by atoms with Crippen LogP contribution in [0.4, 0.5) is 11.4 Å². The second kappa shape index (κ2) is 8.17. The molecule has 2 aromatic carbocycles. The van der Waals surface area contributed by atoms with Crippen LogP contribution >= 0.6 is 11.6 Å². The highest BCUT2D eigenvalue weighted by molar-refractivity contribution is 6.32. The maximum Gasteiger partial charge on any atom is 0.248 e. The number of nitrogens with one attached hydrogen (secondary N) is 2. The molecule has 2 rings (SSSR count). The Hall–Kier alpha value is -2.79. The highest BCUT2D eigenvalue weighted by Gasteiger charge is 2.08. The molecule has 0 saturated carbocycles. The van der Waals surface area contributed by atoms with Crippen molar-refractivity contribution in [1.29, 1.82) is 0 Å². The first-order valence-electron chi connectivity index (χ1n) is 7.19. The molecule has 2 amide bonds. The van der Waals surface area contributed by atoms with Crippen molar-refractivity contribution in [3.8, 4) is 5.75 Å². The van der Waals surface area contributed by atoms with Gasteiger partial charge in [-0.2, -0.15) is 0 Å². The number of carbonyl (C=O) groups is 2. The van der Waals surface area contributed by atoms with E-state index in [1.807, 2.05) is 18.2 Å². The molecule has 0 fully saturated rings. The van der Waals surface area contributed by atoms with Crippen LogP contribution in [0.25, 0.3) is 6.08 Å². The van der Waals surface area contributed by atoms with Crippen molar-refractivity contribution in [3.05, 3.63) is 59.1 Å². The number of rotatable bonds is 5. The minimum atomic E-state index is -0.340. The molecule has 0 aliphatic heterocycles. The van der Waals surface area contributed by atoms with Crippen molar-refractivity contribution >= 4 is 40.9 Å². The third-order valence-electron chi connectivity index (χ3n) is 3.10. The first kappa shape index (κ1) is 17.6. The summed E-state index contributed by atoms with van der Waals surface area (Å²) in [6, 6.07) is 12.2. The Morgan fingerprint density at radius 1 is 1.12 bits per heavy atom. The summed E-state index contributed by atoms with van der Waals surface area (Å²) in [5.41, 5.74) is 1.76. The van der Waals surface area contributed by atoms with Gasteiger partial charge in [0.2, 0.25) is 11.8 Å². The maximum absolute atomic E-state index is 12.1. The van der Waals surface area contributed by atoms with Crippen molar-refractivity contribution in [2.24, 2.45) is 0 Å². The van der Waals surface area contributed by atoms with Gasteiger partial charge in [0.15, 0.2) is 0 Å². The van der Waals surface area contributed by atoms with Gasteiger partial charge in [-0.15, -0.1) is 0 Å². The summed E-state index contributed by atoms with van der Waals surface area (Å²) in [4.78, 5) is 23.3. The average Bonchev–Trinajstić information content (AvgIpc) is 2.54. The average molecular weight is 345 g/mol. The fourth-order valence-electron chi connectivity index (χ4n) is 2.04. The van der Waals surface area contributed by atoms with E-state index in [0.29, 0.717) is 22.1 Å². The van der Waals surface area contributed by atoms with Crippen LogP contribution in [0.1, 0.15) is 12.5 Å². The molecule has 6 heteroatoms. The molecule has 2 aromatic rings. The Kier molecular flexibility index (Phi) is 5.98. The molecular formula is C18H17ClN2O3. The highest BCUT2D eigenvalue weighted by Crippen LogP contribution is 2.28. The van der Waals surface area contributed by atoms with E-state index in [1.54, 1.807) is 30.3 Å². The van der Waals surface area contributed by atoms with Crippen LogP contribution in [0.5, 0.6) is 5.75 Å². The fraction of sp³-hybridized carbons (Fsp3) is 0.111. The normalized spacial score (nSPS) is 10.5. The number of hydrogen-bond donors (Lipinski definition) is 2. The lowest BCUT2D eigenvalue weighted by Crippen LogP contribution is -2.10. The molecule has 0 bridgehead atoms. The number of halogens is 1. The molecule has 0 aliphatic carbocycles. The minimum Gasteiger partial charge on any atom is -0.495 e. The summed E-state index contributed by atoms with van der Waals surface area (Å²) in [5.74, 6) is -0.0483. The van der Waals surface area contributed by atoms with E-state index in [4.69, 9.17) is 16.3 Å². The zero-order chi connectivity index (χ0) is 17.5. The van der Waals surface area contributed by atoms with Crippen LogP contribution in [-0.4, -0.2) is 18.9 Å². The number of amides is 2. The quantitative estimate of drug-likeness (QED) is 0.807. The zero-order valence-electron chi connectivity index (χ0n) is 13.3. The molecule has 2 N–H and O–H groups in total. The number of methoxy groups -OCH3 is 1. The molecule has 0 unspecified atom stereocenters. The lowest BCUT2D eigenvalue weighted by molar-refractivity contribution is -0.114. The third kappa shape index (κ3) is 4.86. The van der Waals surface area contributed by atoms with Crippen molar-refractivity contribution in [2.45, 2.75) is 6.92 Å². The van der Waals surface area contributed by atoms with Gasteiger partial charge in [0, 0.05) is 23.7 Å². The second-order valence-corrected chi connectivity index (χ2v) is 5.35. The van der Waals surface area contributed by atoms with Gasteiger partial charge in [-0.05, 0) is 35.9 Å². The predicted octanol–water partition coefficient (Wildman–Crippen LogP) is 3.96. The fourth-order valence-corrected chi connectivity index (χ4v) is 2.24. The van der Waals surface area contributed by atoms with Crippen molar-refractivity contribution < 1.29 is 14.3 Å². The first-order valence-corrected chi connectivity index (χ1v) is 7.56. The Morgan fingerprint density at radius 2 is 1.88 bits per heavy atom. The monoisotopic (exact) mass is 344 g/mol. The molecule has 0 spiro atoms. The first-order chi connectivity index (χ1) is 11.5. The van der Waals surface area contributed by atoms with E-state index in [9.17, 15) is 9.59 Å². The SMILES string of the molecule is COc1ccc(NC(C)=O)cc1NC(=O)/C=C/c1ccccc1Cl. The van der Waals surface area contributed by atoms with E-state index in [2.05, 4.69) is 10.6 Å². The molecule has 0 aliphatic rings.